The topological polar surface area (TPSA) is 40.9 Å². The molecule has 0 fully saturated rings. The first-order valence-electron chi connectivity index (χ1n) is 4.89. The van der Waals surface area contributed by atoms with Crippen LogP contribution < -0.4 is 0 Å². The first kappa shape index (κ1) is 12.7. The molecule has 0 saturated carbocycles. The monoisotopic (exact) mass is 237 g/mol. The van der Waals surface area contributed by atoms with Crippen molar-refractivity contribution in [1.82, 2.24) is 0 Å². The number of nitrogens with zero attached hydrogens (tertiary/aromatic N) is 1. The van der Waals surface area contributed by atoms with Gasteiger partial charge >= 0.3 is 0 Å². The summed E-state index contributed by atoms with van der Waals surface area (Å²) in [6, 6.07) is 6.38. The van der Waals surface area contributed by atoms with E-state index in [-0.39, 0.29) is 11.6 Å². The van der Waals surface area contributed by atoms with Crippen LogP contribution in [0.1, 0.15) is 22.3 Å². The number of carbonyl (C=O) groups is 1. The normalized spacial score (nSPS) is 9.81. The summed E-state index contributed by atoms with van der Waals surface area (Å²) in [5.41, 5.74) is 1.01. The van der Waals surface area contributed by atoms with Crippen molar-refractivity contribution in [1.29, 1.82) is 5.26 Å². The zero-order chi connectivity index (χ0) is 12.0. The maximum atomic E-state index is 13.0. The van der Waals surface area contributed by atoms with Gasteiger partial charge < -0.3 is 0 Å². The van der Waals surface area contributed by atoms with E-state index in [9.17, 15) is 9.18 Å². The molecule has 84 valence electrons. The molecule has 0 saturated heterocycles. The summed E-state index contributed by atoms with van der Waals surface area (Å²) >= 11 is 1.43. The van der Waals surface area contributed by atoms with Gasteiger partial charge in [0, 0.05) is 17.7 Å². The van der Waals surface area contributed by atoms with E-state index in [1.54, 1.807) is 13.0 Å². The summed E-state index contributed by atoms with van der Waals surface area (Å²) in [5, 5.41) is 8.33. The van der Waals surface area contributed by atoms with Gasteiger partial charge in [-0.1, -0.05) is 0 Å². The molecule has 0 heterocycles. The van der Waals surface area contributed by atoms with E-state index in [4.69, 9.17) is 5.26 Å². The Hall–Kier alpha value is -1.34. The highest BCUT2D eigenvalue weighted by Crippen LogP contribution is 2.12. The van der Waals surface area contributed by atoms with Crippen LogP contribution in [0.4, 0.5) is 4.39 Å². The molecule has 1 rings (SSSR count). The smallest absolute Gasteiger partial charge is 0.172 e. The highest BCUT2D eigenvalue weighted by atomic mass is 32.2. The summed E-state index contributed by atoms with van der Waals surface area (Å²) in [6.07, 6.45) is 0.445. The predicted molar refractivity (Wildman–Crippen MR) is 63.0 cm³/mol. The van der Waals surface area contributed by atoms with Crippen molar-refractivity contribution in [3.05, 3.63) is 35.1 Å². The van der Waals surface area contributed by atoms with Crippen LogP contribution in [0.2, 0.25) is 0 Å². The van der Waals surface area contributed by atoms with Crippen LogP contribution in [-0.4, -0.2) is 17.3 Å². The third-order valence-electron chi connectivity index (χ3n) is 2.07. The van der Waals surface area contributed by atoms with Crippen molar-refractivity contribution in [2.45, 2.75) is 13.3 Å². The van der Waals surface area contributed by atoms with Crippen LogP contribution in [0.3, 0.4) is 0 Å². The molecule has 0 aliphatic heterocycles. The van der Waals surface area contributed by atoms with E-state index in [2.05, 4.69) is 0 Å². The van der Waals surface area contributed by atoms with Gasteiger partial charge in [-0.2, -0.15) is 17.0 Å². The lowest BCUT2D eigenvalue weighted by Gasteiger charge is -2.02. The number of ketones is 1. The summed E-state index contributed by atoms with van der Waals surface area (Å²) in [5.74, 6) is 0.676. The summed E-state index contributed by atoms with van der Waals surface area (Å²) in [7, 11) is 0. The van der Waals surface area contributed by atoms with E-state index in [1.807, 2.05) is 6.07 Å². The number of benzene rings is 1. The molecule has 0 atom stereocenters. The standard InChI is InChI=1S/C12H12FNOS/c1-9-7-10(3-4-11(9)13)12(15)8-16-6-2-5-14/h3-4,7H,2,6,8H2,1H3. The number of Topliss-reactive ketones (excluding diaryl/α,β-unsaturated/α-hetero) is 1. The molecule has 0 amide bonds. The highest BCUT2D eigenvalue weighted by Gasteiger charge is 2.07. The number of hydrogen-bond acceptors (Lipinski definition) is 3. The van der Waals surface area contributed by atoms with Crippen LogP contribution >= 0.6 is 11.8 Å². The van der Waals surface area contributed by atoms with Gasteiger partial charge in [0.15, 0.2) is 5.78 Å². The van der Waals surface area contributed by atoms with E-state index >= 15 is 0 Å². The number of aryl methyl sites for hydroxylation is 1. The molecule has 0 bridgehead atoms. The molecule has 2 nitrogen and oxygen atoms in total. The van der Waals surface area contributed by atoms with Crippen LogP contribution in [0, 0.1) is 24.1 Å². The molecule has 16 heavy (non-hydrogen) atoms. The largest absolute Gasteiger partial charge is 0.293 e. The fourth-order valence-corrected chi connectivity index (χ4v) is 1.92. The van der Waals surface area contributed by atoms with Crippen LogP contribution in [-0.2, 0) is 0 Å². The van der Waals surface area contributed by atoms with Crippen molar-refractivity contribution >= 4 is 17.5 Å². The number of halogens is 1. The molecular weight excluding hydrogens is 225 g/mol. The number of thioether (sulfide) groups is 1. The Kier molecular flexibility index (Phi) is 5.00. The quantitative estimate of drug-likeness (QED) is 0.584. The molecule has 1 aromatic carbocycles. The second kappa shape index (κ2) is 6.29. The van der Waals surface area contributed by atoms with Crippen molar-refractivity contribution < 1.29 is 9.18 Å². The SMILES string of the molecule is Cc1cc(C(=O)CSCCC#N)ccc1F. The Bertz CT molecular complexity index is 426. The number of rotatable bonds is 5. The van der Waals surface area contributed by atoms with Gasteiger partial charge in [-0.05, 0) is 30.7 Å². The Balaban J connectivity index is 2.53. The van der Waals surface area contributed by atoms with Crippen LogP contribution in [0.15, 0.2) is 18.2 Å². The van der Waals surface area contributed by atoms with Gasteiger partial charge in [0.2, 0.25) is 0 Å². The van der Waals surface area contributed by atoms with Gasteiger partial charge in [-0.25, -0.2) is 4.39 Å². The summed E-state index contributed by atoms with van der Waals surface area (Å²) < 4.78 is 13.0. The number of hydrogen-bond donors (Lipinski definition) is 0. The third kappa shape index (κ3) is 3.67. The molecule has 0 radical (unpaired) electrons. The van der Waals surface area contributed by atoms with Gasteiger partial charge in [-0.15, -0.1) is 0 Å². The lowest BCUT2D eigenvalue weighted by atomic mass is 10.1. The second-order valence-electron chi connectivity index (χ2n) is 3.35. The fraction of sp³-hybridized carbons (Fsp3) is 0.333. The molecular formula is C12H12FNOS. The van der Waals surface area contributed by atoms with Gasteiger partial charge in [0.1, 0.15) is 5.82 Å². The average Bonchev–Trinajstić information content (AvgIpc) is 2.28. The third-order valence-corrected chi connectivity index (χ3v) is 3.03. The summed E-state index contributed by atoms with van der Waals surface area (Å²) in [6.45, 7) is 1.63. The Morgan fingerprint density at radius 2 is 2.31 bits per heavy atom. The average molecular weight is 237 g/mol. The fourth-order valence-electron chi connectivity index (χ4n) is 1.18. The zero-order valence-corrected chi connectivity index (χ0v) is 9.81. The second-order valence-corrected chi connectivity index (χ2v) is 4.45. The maximum absolute atomic E-state index is 13.0. The van der Waals surface area contributed by atoms with Crippen molar-refractivity contribution in [3.63, 3.8) is 0 Å². The van der Waals surface area contributed by atoms with Crippen LogP contribution in [0.5, 0.6) is 0 Å². The van der Waals surface area contributed by atoms with Crippen molar-refractivity contribution in [3.8, 4) is 6.07 Å². The van der Waals surface area contributed by atoms with Crippen LogP contribution in [0.25, 0.3) is 0 Å². The number of carbonyl (C=O) groups excluding carboxylic acids is 1. The first-order chi connectivity index (χ1) is 7.65. The lowest BCUT2D eigenvalue weighted by molar-refractivity contribution is 0.102. The Morgan fingerprint density at radius 1 is 1.56 bits per heavy atom. The molecule has 4 heteroatoms. The van der Waals surface area contributed by atoms with E-state index in [1.165, 1.54) is 23.9 Å². The molecule has 0 unspecified atom stereocenters. The van der Waals surface area contributed by atoms with Gasteiger partial charge in [0.05, 0.1) is 11.8 Å². The minimum atomic E-state index is -0.298. The van der Waals surface area contributed by atoms with E-state index in [0.717, 1.165) is 0 Å². The van der Waals surface area contributed by atoms with E-state index < -0.39 is 0 Å². The first-order valence-corrected chi connectivity index (χ1v) is 6.04. The molecule has 1 aromatic rings. The van der Waals surface area contributed by atoms with Gasteiger partial charge in [0.25, 0.3) is 0 Å². The minimum absolute atomic E-state index is 0.0222. The zero-order valence-electron chi connectivity index (χ0n) is 9.00. The molecule has 0 aliphatic carbocycles. The minimum Gasteiger partial charge on any atom is -0.293 e. The van der Waals surface area contributed by atoms with Gasteiger partial charge in [-0.3, -0.25) is 4.79 Å². The maximum Gasteiger partial charge on any atom is 0.172 e. The summed E-state index contributed by atoms with van der Waals surface area (Å²) in [4.78, 5) is 11.6. The van der Waals surface area contributed by atoms with Crippen molar-refractivity contribution in [2.75, 3.05) is 11.5 Å². The predicted octanol–water partition coefficient (Wildman–Crippen LogP) is 2.96. The molecule has 0 spiro atoms. The Morgan fingerprint density at radius 3 is 2.94 bits per heavy atom. The molecule has 0 aromatic heterocycles. The van der Waals surface area contributed by atoms with Crippen molar-refractivity contribution in [2.24, 2.45) is 0 Å². The molecule has 0 aliphatic rings. The highest BCUT2D eigenvalue weighted by molar-refractivity contribution is 7.99. The number of nitriles is 1. The molecule has 0 N–H and O–H groups in total. The Labute approximate surface area is 98.5 Å². The van der Waals surface area contributed by atoms with E-state index in [0.29, 0.717) is 29.1 Å². The lowest BCUT2D eigenvalue weighted by Crippen LogP contribution is -2.03.